The average molecular weight is 282 g/mol. The normalized spacial score (nSPS) is 10.0. The Morgan fingerprint density at radius 2 is 1.29 bits per heavy atom. The standard InChI is InChI=1S/C12H3FN6O2/c13-8-2-6(11-9(4-14)16-20-18-11)1-7(3-8)12-10(5-15)17-21-19-12/h1-3H. The lowest BCUT2D eigenvalue weighted by molar-refractivity contribution is 0.307. The van der Waals surface area contributed by atoms with Crippen LogP contribution >= 0.6 is 0 Å². The molecule has 3 aromatic rings. The van der Waals surface area contributed by atoms with E-state index in [9.17, 15) is 4.39 Å². The van der Waals surface area contributed by atoms with E-state index >= 15 is 0 Å². The van der Waals surface area contributed by atoms with Crippen molar-refractivity contribution in [3.8, 4) is 34.7 Å². The molecule has 0 aliphatic rings. The van der Waals surface area contributed by atoms with Gasteiger partial charge < -0.3 is 0 Å². The zero-order valence-corrected chi connectivity index (χ0v) is 10.1. The quantitative estimate of drug-likeness (QED) is 0.694. The first-order valence-corrected chi connectivity index (χ1v) is 5.49. The van der Waals surface area contributed by atoms with Gasteiger partial charge in [0.05, 0.1) is 0 Å². The van der Waals surface area contributed by atoms with E-state index in [1.807, 2.05) is 0 Å². The molecule has 2 aromatic heterocycles. The average Bonchev–Trinajstić information content (AvgIpc) is 3.14. The molecule has 0 unspecified atom stereocenters. The van der Waals surface area contributed by atoms with Crippen molar-refractivity contribution in [2.45, 2.75) is 0 Å². The fourth-order valence-corrected chi connectivity index (χ4v) is 1.77. The molecule has 0 saturated carbocycles. The van der Waals surface area contributed by atoms with E-state index in [1.54, 1.807) is 12.1 Å². The SMILES string of the molecule is N#Cc1nonc1-c1cc(F)cc(-c2nonc2C#N)c1. The van der Waals surface area contributed by atoms with Crippen LogP contribution in [0.5, 0.6) is 0 Å². The summed E-state index contributed by atoms with van der Waals surface area (Å²) in [5.74, 6) is -0.610. The zero-order chi connectivity index (χ0) is 14.8. The Morgan fingerprint density at radius 1 is 0.810 bits per heavy atom. The lowest BCUT2D eigenvalue weighted by Gasteiger charge is -2.01. The van der Waals surface area contributed by atoms with Crippen LogP contribution in [0.2, 0.25) is 0 Å². The second-order valence-corrected chi connectivity index (χ2v) is 3.88. The Labute approximate surface area is 115 Å². The summed E-state index contributed by atoms with van der Waals surface area (Å²) in [4.78, 5) is 0. The van der Waals surface area contributed by atoms with E-state index in [2.05, 4.69) is 29.9 Å². The molecule has 0 N–H and O–H groups in total. The molecule has 0 aliphatic heterocycles. The molecule has 1 aromatic carbocycles. The van der Waals surface area contributed by atoms with Gasteiger partial charge in [0.2, 0.25) is 11.4 Å². The van der Waals surface area contributed by atoms with E-state index in [0.29, 0.717) is 0 Å². The molecule has 0 aliphatic carbocycles. The Balaban J connectivity index is 2.19. The molecule has 21 heavy (non-hydrogen) atoms. The van der Waals surface area contributed by atoms with Crippen LogP contribution in [-0.4, -0.2) is 20.6 Å². The molecule has 9 heteroatoms. The summed E-state index contributed by atoms with van der Waals surface area (Å²) in [5.41, 5.74) is 0.543. The maximum Gasteiger partial charge on any atom is 0.212 e. The minimum absolute atomic E-state index is 0.0784. The van der Waals surface area contributed by atoms with Crippen LogP contribution in [-0.2, 0) is 0 Å². The van der Waals surface area contributed by atoms with Crippen molar-refractivity contribution >= 4 is 0 Å². The van der Waals surface area contributed by atoms with Gasteiger partial charge in [-0.1, -0.05) is 0 Å². The van der Waals surface area contributed by atoms with E-state index in [0.717, 1.165) is 12.1 Å². The maximum absolute atomic E-state index is 13.8. The molecule has 3 rings (SSSR count). The summed E-state index contributed by atoms with van der Waals surface area (Å²) < 4.78 is 22.7. The van der Waals surface area contributed by atoms with Crippen molar-refractivity contribution in [1.29, 1.82) is 10.5 Å². The number of rotatable bonds is 2. The second kappa shape index (κ2) is 4.83. The summed E-state index contributed by atoms with van der Waals surface area (Å²) >= 11 is 0. The van der Waals surface area contributed by atoms with E-state index in [-0.39, 0.29) is 33.9 Å². The minimum Gasteiger partial charge on any atom is -0.243 e. The molecule has 0 fully saturated rings. The number of hydrogen-bond acceptors (Lipinski definition) is 8. The van der Waals surface area contributed by atoms with Crippen LogP contribution in [0.4, 0.5) is 4.39 Å². The predicted octanol–water partition coefficient (Wildman–Crippen LogP) is 1.67. The first-order valence-electron chi connectivity index (χ1n) is 5.49. The number of benzene rings is 1. The highest BCUT2D eigenvalue weighted by molar-refractivity contribution is 5.73. The molecule has 2 heterocycles. The van der Waals surface area contributed by atoms with Crippen molar-refractivity contribution in [2.24, 2.45) is 0 Å². The van der Waals surface area contributed by atoms with Gasteiger partial charge >= 0.3 is 0 Å². The molecule has 8 nitrogen and oxygen atoms in total. The summed E-state index contributed by atoms with van der Waals surface area (Å²) in [7, 11) is 0. The Morgan fingerprint density at radius 3 is 1.71 bits per heavy atom. The highest BCUT2D eigenvalue weighted by Gasteiger charge is 2.17. The second-order valence-electron chi connectivity index (χ2n) is 3.88. The fourth-order valence-electron chi connectivity index (χ4n) is 1.77. The number of nitrogens with zero attached hydrogens (tertiary/aromatic N) is 6. The third kappa shape index (κ3) is 2.09. The molecular formula is C12H3FN6O2. The van der Waals surface area contributed by atoms with Gasteiger partial charge in [0.1, 0.15) is 18.0 Å². The van der Waals surface area contributed by atoms with Gasteiger partial charge in [0, 0.05) is 11.1 Å². The van der Waals surface area contributed by atoms with Gasteiger partial charge in [-0.2, -0.15) is 10.5 Å². The molecule has 100 valence electrons. The summed E-state index contributed by atoms with van der Waals surface area (Å²) in [5, 5.41) is 31.7. The first kappa shape index (κ1) is 12.4. The molecule has 0 amide bonds. The van der Waals surface area contributed by atoms with Crippen LogP contribution in [0.1, 0.15) is 11.4 Å². The third-order valence-corrected chi connectivity index (χ3v) is 2.63. The monoisotopic (exact) mass is 282 g/mol. The Kier molecular flexibility index (Phi) is 2.86. The van der Waals surface area contributed by atoms with E-state index < -0.39 is 5.82 Å². The number of aromatic nitrogens is 4. The van der Waals surface area contributed by atoms with Crippen molar-refractivity contribution < 1.29 is 13.6 Å². The van der Waals surface area contributed by atoms with Gasteiger partial charge in [0.15, 0.2) is 11.4 Å². The van der Waals surface area contributed by atoms with Crippen LogP contribution in [0.15, 0.2) is 27.5 Å². The molecule has 0 bridgehead atoms. The third-order valence-electron chi connectivity index (χ3n) is 2.63. The largest absolute Gasteiger partial charge is 0.243 e. The van der Waals surface area contributed by atoms with Crippen LogP contribution in [0.25, 0.3) is 22.5 Å². The molecular weight excluding hydrogens is 279 g/mol. The van der Waals surface area contributed by atoms with Gasteiger partial charge in [-0.15, -0.1) is 0 Å². The van der Waals surface area contributed by atoms with Crippen LogP contribution < -0.4 is 0 Å². The smallest absolute Gasteiger partial charge is 0.212 e. The van der Waals surface area contributed by atoms with Gasteiger partial charge in [-0.25, -0.2) is 13.6 Å². The maximum atomic E-state index is 13.8. The molecule has 0 atom stereocenters. The van der Waals surface area contributed by atoms with Crippen molar-refractivity contribution in [2.75, 3.05) is 0 Å². The van der Waals surface area contributed by atoms with Crippen molar-refractivity contribution in [1.82, 2.24) is 20.6 Å². The lowest BCUT2D eigenvalue weighted by atomic mass is 10.0. The highest BCUT2D eigenvalue weighted by atomic mass is 19.1. The van der Waals surface area contributed by atoms with Crippen LogP contribution in [0.3, 0.4) is 0 Å². The molecule has 0 spiro atoms. The van der Waals surface area contributed by atoms with E-state index in [4.69, 9.17) is 10.5 Å². The number of halogens is 1. The highest BCUT2D eigenvalue weighted by Crippen LogP contribution is 2.28. The number of hydrogen-bond donors (Lipinski definition) is 0. The fraction of sp³-hybridized carbons (Fsp3) is 0. The van der Waals surface area contributed by atoms with Gasteiger partial charge in [-0.3, -0.25) is 0 Å². The topological polar surface area (TPSA) is 125 Å². The van der Waals surface area contributed by atoms with E-state index in [1.165, 1.54) is 6.07 Å². The van der Waals surface area contributed by atoms with Crippen LogP contribution in [0, 0.1) is 28.5 Å². The Bertz CT molecular complexity index is 831. The zero-order valence-electron chi connectivity index (χ0n) is 10.1. The first-order chi connectivity index (χ1) is 10.2. The number of nitriles is 2. The molecule has 0 radical (unpaired) electrons. The van der Waals surface area contributed by atoms with Crippen molar-refractivity contribution in [3.05, 3.63) is 35.4 Å². The predicted molar refractivity (Wildman–Crippen MR) is 62.4 cm³/mol. The Hall–Kier alpha value is -3.59. The lowest BCUT2D eigenvalue weighted by Crippen LogP contribution is -1.89. The van der Waals surface area contributed by atoms with Gasteiger partial charge in [-0.05, 0) is 38.8 Å². The summed E-state index contributed by atoms with van der Waals surface area (Å²) in [6, 6.07) is 7.35. The summed E-state index contributed by atoms with van der Waals surface area (Å²) in [6.07, 6.45) is 0. The van der Waals surface area contributed by atoms with Crippen molar-refractivity contribution in [3.63, 3.8) is 0 Å². The minimum atomic E-state index is -0.610. The molecule has 0 saturated heterocycles. The summed E-state index contributed by atoms with van der Waals surface area (Å²) in [6.45, 7) is 0. The van der Waals surface area contributed by atoms with Gasteiger partial charge in [0.25, 0.3) is 0 Å².